The van der Waals surface area contributed by atoms with Crippen LogP contribution >= 0.6 is 0 Å². The van der Waals surface area contributed by atoms with Gasteiger partial charge in [-0.3, -0.25) is 5.84 Å². The molecule has 4 nitrogen and oxygen atoms in total. The van der Waals surface area contributed by atoms with E-state index in [1.165, 1.54) is 0 Å². The van der Waals surface area contributed by atoms with Crippen LogP contribution in [0.25, 0.3) is 0 Å². The molecule has 3 N–H and O–H groups in total. The predicted octanol–water partition coefficient (Wildman–Crippen LogP) is 0.455. The smallest absolute Gasteiger partial charge is 0.253 e. The van der Waals surface area contributed by atoms with Crippen LogP contribution in [0.2, 0.25) is 0 Å². The van der Waals surface area contributed by atoms with E-state index in [2.05, 4.69) is 0 Å². The van der Waals surface area contributed by atoms with E-state index < -0.39 is 10.0 Å². The third-order valence-corrected chi connectivity index (χ3v) is 3.12. The molecule has 0 amide bonds. The lowest BCUT2D eigenvalue weighted by atomic mass is 10.2. The van der Waals surface area contributed by atoms with Crippen molar-refractivity contribution in [3.05, 3.63) is 29.3 Å². The van der Waals surface area contributed by atoms with Crippen LogP contribution in [0.1, 0.15) is 11.1 Å². The summed E-state index contributed by atoms with van der Waals surface area (Å²) in [5, 5.41) is 0. The topological polar surface area (TPSA) is 72.2 Å². The Balaban J connectivity index is 3.38. The Hall–Kier alpha value is -0.910. The number of nitrogens with two attached hydrogens (primary N) is 1. The molecular formula is C8H12N2O2S. The molecule has 0 aliphatic heterocycles. The summed E-state index contributed by atoms with van der Waals surface area (Å²) in [6.07, 6.45) is 0. The molecule has 1 rings (SSSR count). The second kappa shape index (κ2) is 3.45. The van der Waals surface area contributed by atoms with Crippen molar-refractivity contribution in [1.29, 1.82) is 0 Å². The zero-order chi connectivity index (χ0) is 10.1. The lowest BCUT2D eigenvalue weighted by molar-refractivity contribution is 0.583. The van der Waals surface area contributed by atoms with Gasteiger partial charge in [-0.25, -0.2) is 8.42 Å². The van der Waals surface area contributed by atoms with Crippen molar-refractivity contribution in [3.8, 4) is 0 Å². The van der Waals surface area contributed by atoms with Gasteiger partial charge < -0.3 is 0 Å². The van der Waals surface area contributed by atoms with E-state index >= 15 is 0 Å². The number of hydrogen-bond donors (Lipinski definition) is 2. The molecule has 0 fully saturated rings. The molecule has 1 aromatic carbocycles. The minimum Gasteiger partial charge on any atom is -0.257 e. The number of hydrazine groups is 1. The standard InChI is InChI=1S/C8H12N2O2S/c1-6-3-4-7(2)8(5-6)13(11,12)10-9/h3-5,10H,9H2,1-2H3. The number of aryl methyl sites for hydroxylation is 2. The first-order valence-electron chi connectivity index (χ1n) is 3.77. The second-order valence-electron chi connectivity index (χ2n) is 2.89. The minimum absolute atomic E-state index is 0.231. The third kappa shape index (κ3) is 2.06. The Kier molecular flexibility index (Phi) is 2.70. The van der Waals surface area contributed by atoms with Gasteiger partial charge in [-0.05, 0) is 31.0 Å². The van der Waals surface area contributed by atoms with Crippen LogP contribution in [0.4, 0.5) is 0 Å². The number of sulfonamides is 1. The molecule has 0 aliphatic carbocycles. The monoisotopic (exact) mass is 200 g/mol. The highest BCUT2D eigenvalue weighted by Gasteiger charge is 2.14. The number of nitrogens with one attached hydrogen (secondary N) is 1. The fraction of sp³-hybridized carbons (Fsp3) is 0.250. The second-order valence-corrected chi connectivity index (χ2v) is 4.57. The van der Waals surface area contributed by atoms with Gasteiger partial charge in [0.15, 0.2) is 0 Å². The van der Waals surface area contributed by atoms with E-state index in [9.17, 15) is 8.42 Å². The van der Waals surface area contributed by atoms with Crippen molar-refractivity contribution in [3.63, 3.8) is 0 Å². The molecule has 0 heterocycles. The molecule has 0 spiro atoms. The van der Waals surface area contributed by atoms with Gasteiger partial charge in [-0.15, -0.1) is 0 Å². The average Bonchev–Trinajstić information content (AvgIpc) is 2.09. The summed E-state index contributed by atoms with van der Waals surface area (Å²) in [5.74, 6) is 4.92. The van der Waals surface area contributed by atoms with E-state index in [0.29, 0.717) is 5.56 Å². The van der Waals surface area contributed by atoms with Crippen LogP contribution in [0.15, 0.2) is 23.1 Å². The number of benzene rings is 1. The Morgan fingerprint density at radius 2 is 1.92 bits per heavy atom. The van der Waals surface area contributed by atoms with E-state index in [0.717, 1.165) is 5.56 Å². The van der Waals surface area contributed by atoms with Gasteiger partial charge in [-0.1, -0.05) is 12.1 Å². The van der Waals surface area contributed by atoms with Gasteiger partial charge >= 0.3 is 0 Å². The van der Waals surface area contributed by atoms with Crippen molar-refractivity contribution < 1.29 is 8.42 Å². The summed E-state index contributed by atoms with van der Waals surface area (Å²) < 4.78 is 22.7. The molecule has 72 valence electrons. The van der Waals surface area contributed by atoms with Gasteiger partial charge in [0.2, 0.25) is 0 Å². The minimum atomic E-state index is -3.52. The molecule has 0 bridgehead atoms. The molecule has 0 aliphatic rings. The first kappa shape index (κ1) is 10.2. The summed E-state index contributed by atoms with van der Waals surface area (Å²) in [6.45, 7) is 3.55. The van der Waals surface area contributed by atoms with Gasteiger partial charge in [0.05, 0.1) is 4.90 Å². The summed E-state index contributed by atoms with van der Waals surface area (Å²) >= 11 is 0. The number of hydrogen-bond acceptors (Lipinski definition) is 3. The molecule has 0 saturated carbocycles. The summed E-state index contributed by atoms with van der Waals surface area (Å²) in [5.41, 5.74) is 1.57. The van der Waals surface area contributed by atoms with E-state index in [-0.39, 0.29) is 4.90 Å². The van der Waals surface area contributed by atoms with E-state index in [1.54, 1.807) is 23.9 Å². The number of rotatable bonds is 2. The molecule has 0 aromatic heterocycles. The van der Waals surface area contributed by atoms with Crippen LogP contribution in [-0.2, 0) is 10.0 Å². The molecule has 13 heavy (non-hydrogen) atoms. The maximum absolute atomic E-state index is 11.3. The molecule has 0 unspecified atom stereocenters. The van der Waals surface area contributed by atoms with Crippen molar-refractivity contribution in [1.82, 2.24) is 4.83 Å². The SMILES string of the molecule is Cc1ccc(C)c(S(=O)(=O)NN)c1. The van der Waals surface area contributed by atoms with Crippen LogP contribution < -0.4 is 10.7 Å². The zero-order valence-corrected chi connectivity index (χ0v) is 8.35. The molecule has 1 aromatic rings. The molecule has 0 saturated heterocycles. The highest BCUT2D eigenvalue weighted by Crippen LogP contribution is 2.15. The third-order valence-electron chi connectivity index (χ3n) is 1.79. The zero-order valence-electron chi connectivity index (χ0n) is 7.53. The van der Waals surface area contributed by atoms with Crippen LogP contribution in [0.3, 0.4) is 0 Å². The maximum atomic E-state index is 11.3. The Labute approximate surface area is 77.8 Å². The van der Waals surface area contributed by atoms with Crippen molar-refractivity contribution in [2.75, 3.05) is 0 Å². The Morgan fingerprint density at radius 1 is 1.31 bits per heavy atom. The van der Waals surface area contributed by atoms with Crippen LogP contribution in [-0.4, -0.2) is 8.42 Å². The molecule has 0 atom stereocenters. The Bertz CT molecular complexity index is 412. The summed E-state index contributed by atoms with van der Waals surface area (Å²) in [4.78, 5) is 2.03. The normalized spacial score (nSPS) is 11.6. The van der Waals surface area contributed by atoms with Gasteiger partial charge in [0.25, 0.3) is 10.0 Å². The largest absolute Gasteiger partial charge is 0.257 e. The molecule has 5 heteroatoms. The quantitative estimate of drug-likeness (QED) is 0.538. The summed E-state index contributed by atoms with van der Waals surface area (Å²) in [6, 6.07) is 5.19. The van der Waals surface area contributed by atoms with Gasteiger partial charge in [-0.2, -0.15) is 4.83 Å². The fourth-order valence-corrected chi connectivity index (χ4v) is 2.02. The van der Waals surface area contributed by atoms with Gasteiger partial charge in [0, 0.05) is 0 Å². The fourth-order valence-electron chi connectivity index (χ4n) is 1.06. The van der Waals surface area contributed by atoms with E-state index in [1.807, 2.05) is 13.0 Å². The molecular weight excluding hydrogens is 188 g/mol. The molecule has 0 radical (unpaired) electrons. The van der Waals surface area contributed by atoms with Crippen molar-refractivity contribution in [2.45, 2.75) is 18.7 Å². The van der Waals surface area contributed by atoms with E-state index in [4.69, 9.17) is 5.84 Å². The van der Waals surface area contributed by atoms with Crippen LogP contribution in [0.5, 0.6) is 0 Å². The first-order valence-corrected chi connectivity index (χ1v) is 5.25. The Morgan fingerprint density at radius 3 is 2.46 bits per heavy atom. The average molecular weight is 200 g/mol. The van der Waals surface area contributed by atoms with Crippen molar-refractivity contribution in [2.24, 2.45) is 5.84 Å². The predicted molar refractivity (Wildman–Crippen MR) is 50.4 cm³/mol. The van der Waals surface area contributed by atoms with Gasteiger partial charge in [0.1, 0.15) is 0 Å². The lowest BCUT2D eigenvalue weighted by Crippen LogP contribution is -2.30. The lowest BCUT2D eigenvalue weighted by Gasteiger charge is -2.06. The highest BCUT2D eigenvalue weighted by molar-refractivity contribution is 7.89. The van der Waals surface area contributed by atoms with Crippen molar-refractivity contribution >= 4 is 10.0 Å². The summed E-state index contributed by atoms with van der Waals surface area (Å²) in [7, 11) is -3.52. The first-order chi connectivity index (χ1) is 5.97. The highest BCUT2D eigenvalue weighted by atomic mass is 32.2. The maximum Gasteiger partial charge on any atom is 0.253 e. The van der Waals surface area contributed by atoms with Crippen LogP contribution in [0, 0.1) is 13.8 Å².